The number of amides is 2. The lowest BCUT2D eigenvalue weighted by Gasteiger charge is -2.28. The summed E-state index contributed by atoms with van der Waals surface area (Å²) in [6, 6.07) is 2.97. The van der Waals surface area contributed by atoms with Gasteiger partial charge in [0.2, 0.25) is 0 Å². The Morgan fingerprint density at radius 3 is 2.70 bits per heavy atom. The standard InChI is InChI=1S/C17H25N3O3/c1-3-12-6-5-7-13(10-12)18-16(22)17(23)19-14-8-9-15(21)20(4-2)11-14/h8-9,11-13H,3-7,10H2,1-2H3,(H,18,22)(H,19,23)/t12-,13-/m0/s1. The van der Waals surface area contributed by atoms with Crippen LogP contribution in [0.15, 0.2) is 23.1 Å². The lowest BCUT2D eigenvalue weighted by atomic mass is 9.84. The topological polar surface area (TPSA) is 80.2 Å². The van der Waals surface area contributed by atoms with Gasteiger partial charge in [-0.05, 0) is 31.7 Å². The summed E-state index contributed by atoms with van der Waals surface area (Å²) in [4.78, 5) is 35.6. The van der Waals surface area contributed by atoms with E-state index in [-0.39, 0.29) is 11.6 Å². The molecule has 0 spiro atoms. The van der Waals surface area contributed by atoms with Crippen molar-refractivity contribution in [1.29, 1.82) is 0 Å². The number of anilines is 1. The molecule has 2 amide bonds. The van der Waals surface area contributed by atoms with Crippen LogP contribution in [0.25, 0.3) is 0 Å². The van der Waals surface area contributed by atoms with Gasteiger partial charge < -0.3 is 15.2 Å². The molecule has 6 nitrogen and oxygen atoms in total. The quantitative estimate of drug-likeness (QED) is 0.832. The number of aryl methyl sites for hydroxylation is 1. The molecule has 1 heterocycles. The van der Waals surface area contributed by atoms with Crippen molar-refractivity contribution < 1.29 is 9.59 Å². The highest BCUT2D eigenvalue weighted by atomic mass is 16.2. The molecule has 2 atom stereocenters. The lowest BCUT2D eigenvalue weighted by molar-refractivity contribution is -0.136. The van der Waals surface area contributed by atoms with Crippen LogP contribution < -0.4 is 16.2 Å². The van der Waals surface area contributed by atoms with Crippen molar-refractivity contribution in [3.63, 3.8) is 0 Å². The Morgan fingerprint density at radius 1 is 1.22 bits per heavy atom. The zero-order chi connectivity index (χ0) is 16.8. The van der Waals surface area contributed by atoms with Gasteiger partial charge in [0.15, 0.2) is 0 Å². The van der Waals surface area contributed by atoms with Crippen molar-refractivity contribution >= 4 is 17.5 Å². The summed E-state index contributed by atoms with van der Waals surface area (Å²) in [5.74, 6) is -0.670. The van der Waals surface area contributed by atoms with E-state index in [4.69, 9.17) is 0 Å². The maximum atomic E-state index is 12.0. The fourth-order valence-electron chi connectivity index (χ4n) is 3.08. The van der Waals surface area contributed by atoms with Gasteiger partial charge in [-0.1, -0.05) is 26.2 Å². The third kappa shape index (κ3) is 4.68. The van der Waals surface area contributed by atoms with Crippen molar-refractivity contribution in [2.24, 2.45) is 5.92 Å². The van der Waals surface area contributed by atoms with Gasteiger partial charge in [0.1, 0.15) is 0 Å². The van der Waals surface area contributed by atoms with Crippen molar-refractivity contribution in [2.75, 3.05) is 5.32 Å². The van der Waals surface area contributed by atoms with Gasteiger partial charge in [0.05, 0.1) is 5.69 Å². The zero-order valence-corrected chi connectivity index (χ0v) is 13.8. The average Bonchev–Trinajstić information content (AvgIpc) is 2.56. The number of rotatable bonds is 4. The van der Waals surface area contributed by atoms with Crippen LogP contribution in [0.2, 0.25) is 0 Å². The molecule has 0 bridgehead atoms. The van der Waals surface area contributed by atoms with Crippen LogP contribution in [-0.4, -0.2) is 22.4 Å². The first-order chi connectivity index (χ1) is 11.0. The minimum Gasteiger partial charge on any atom is -0.345 e. The van der Waals surface area contributed by atoms with E-state index in [0.29, 0.717) is 18.2 Å². The molecular formula is C17H25N3O3. The molecule has 0 aromatic carbocycles. The molecule has 2 N–H and O–H groups in total. The minimum absolute atomic E-state index is 0.0801. The first-order valence-electron chi connectivity index (χ1n) is 8.35. The first kappa shape index (κ1) is 17.2. The minimum atomic E-state index is -0.690. The van der Waals surface area contributed by atoms with Crippen LogP contribution in [-0.2, 0) is 16.1 Å². The Kier molecular flexibility index (Phi) is 5.96. The van der Waals surface area contributed by atoms with Crippen LogP contribution in [0, 0.1) is 5.92 Å². The van der Waals surface area contributed by atoms with E-state index in [9.17, 15) is 14.4 Å². The molecule has 1 aliphatic rings. The van der Waals surface area contributed by atoms with Crippen molar-refractivity contribution in [3.8, 4) is 0 Å². The van der Waals surface area contributed by atoms with Gasteiger partial charge in [-0.25, -0.2) is 0 Å². The molecule has 0 saturated heterocycles. The first-order valence-corrected chi connectivity index (χ1v) is 8.35. The molecule has 0 radical (unpaired) electrons. The second-order valence-corrected chi connectivity index (χ2v) is 6.11. The van der Waals surface area contributed by atoms with Gasteiger partial charge in [0.25, 0.3) is 5.56 Å². The maximum Gasteiger partial charge on any atom is 0.313 e. The highest BCUT2D eigenvalue weighted by Gasteiger charge is 2.24. The zero-order valence-electron chi connectivity index (χ0n) is 13.8. The summed E-state index contributed by atoms with van der Waals surface area (Å²) < 4.78 is 1.47. The molecule has 1 aromatic heterocycles. The predicted molar refractivity (Wildman–Crippen MR) is 89.2 cm³/mol. The Labute approximate surface area is 136 Å². The van der Waals surface area contributed by atoms with Gasteiger partial charge in [-0.2, -0.15) is 0 Å². The van der Waals surface area contributed by atoms with Gasteiger partial charge in [-0.15, -0.1) is 0 Å². The number of pyridine rings is 1. The van der Waals surface area contributed by atoms with E-state index in [2.05, 4.69) is 17.6 Å². The highest BCUT2D eigenvalue weighted by Crippen LogP contribution is 2.26. The highest BCUT2D eigenvalue weighted by molar-refractivity contribution is 6.39. The third-order valence-electron chi connectivity index (χ3n) is 4.48. The normalized spacial score (nSPS) is 20.8. The van der Waals surface area contributed by atoms with E-state index in [1.54, 1.807) is 6.20 Å². The number of aromatic nitrogens is 1. The Hall–Kier alpha value is -2.11. The molecule has 6 heteroatoms. The number of hydrogen-bond donors (Lipinski definition) is 2. The average molecular weight is 319 g/mol. The summed E-state index contributed by atoms with van der Waals surface area (Å²) in [5, 5.41) is 5.37. The third-order valence-corrected chi connectivity index (χ3v) is 4.48. The van der Waals surface area contributed by atoms with Crippen molar-refractivity contribution in [1.82, 2.24) is 9.88 Å². The summed E-state index contributed by atoms with van der Waals surface area (Å²) in [5.41, 5.74) is 0.310. The molecule has 0 aliphatic heterocycles. The van der Waals surface area contributed by atoms with Crippen molar-refractivity contribution in [3.05, 3.63) is 28.7 Å². The Bertz CT molecular complexity index is 624. The largest absolute Gasteiger partial charge is 0.345 e. The predicted octanol–water partition coefficient (Wildman–Crippen LogP) is 1.89. The summed E-state index contributed by atoms with van der Waals surface area (Å²) in [7, 11) is 0. The van der Waals surface area contributed by atoms with Crippen LogP contribution in [0.5, 0.6) is 0 Å². The monoisotopic (exact) mass is 319 g/mol. The van der Waals surface area contributed by atoms with Crippen molar-refractivity contribution in [2.45, 2.75) is 58.5 Å². The molecule has 126 valence electrons. The molecule has 1 saturated carbocycles. The van der Waals surface area contributed by atoms with E-state index in [1.807, 2.05) is 6.92 Å². The lowest BCUT2D eigenvalue weighted by Crippen LogP contribution is -2.43. The van der Waals surface area contributed by atoms with E-state index < -0.39 is 11.8 Å². The molecular weight excluding hydrogens is 294 g/mol. The molecule has 1 aromatic rings. The van der Waals surface area contributed by atoms with Gasteiger partial charge in [0, 0.05) is 24.8 Å². The van der Waals surface area contributed by atoms with E-state index in [1.165, 1.54) is 23.1 Å². The smallest absolute Gasteiger partial charge is 0.313 e. The molecule has 1 fully saturated rings. The van der Waals surface area contributed by atoms with Crippen LogP contribution >= 0.6 is 0 Å². The summed E-state index contributed by atoms with van der Waals surface area (Å²) in [6.07, 6.45) is 6.81. The van der Waals surface area contributed by atoms with Gasteiger partial charge in [-0.3, -0.25) is 14.4 Å². The fourth-order valence-corrected chi connectivity index (χ4v) is 3.08. The Balaban J connectivity index is 1.92. The number of carbonyl (C=O) groups is 2. The Morgan fingerprint density at radius 2 is 2.00 bits per heavy atom. The second-order valence-electron chi connectivity index (χ2n) is 6.11. The van der Waals surface area contributed by atoms with Crippen LogP contribution in [0.4, 0.5) is 5.69 Å². The van der Waals surface area contributed by atoms with E-state index in [0.717, 1.165) is 25.7 Å². The number of carbonyl (C=O) groups excluding carboxylic acids is 2. The molecule has 23 heavy (non-hydrogen) atoms. The van der Waals surface area contributed by atoms with Crippen LogP contribution in [0.1, 0.15) is 46.0 Å². The van der Waals surface area contributed by atoms with Gasteiger partial charge >= 0.3 is 11.8 Å². The fraction of sp³-hybridized carbons (Fsp3) is 0.588. The maximum absolute atomic E-state index is 12.0. The van der Waals surface area contributed by atoms with Crippen LogP contribution in [0.3, 0.4) is 0 Å². The number of nitrogens with one attached hydrogen (secondary N) is 2. The molecule has 1 aliphatic carbocycles. The van der Waals surface area contributed by atoms with E-state index >= 15 is 0 Å². The number of hydrogen-bond acceptors (Lipinski definition) is 3. The SMILES string of the molecule is CC[C@H]1CCC[C@H](NC(=O)C(=O)Nc2ccc(=O)n(CC)c2)C1. The molecule has 2 rings (SSSR count). The summed E-state index contributed by atoms with van der Waals surface area (Å²) in [6.45, 7) is 4.51. The summed E-state index contributed by atoms with van der Waals surface area (Å²) >= 11 is 0. The molecule has 0 unspecified atom stereocenters. The second kappa shape index (κ2) is 7.94. The number of nitrogens with zero attached hydrogens (tertiary/aromatic N) is 1.